The van der Waals surface area contributed by atoms with Crippen LogP contribution in [0.4, 0.5) is 0 Å². The van der Waals surface area contributed by atoms with E-state index in [0.29, 0.717) is 17.3 Å². The maximum absolute atomic E-state index is 11.5. The van der Waals surface area contributed by atoms with Crippen molar-refractivity contribution in [2.75, 3.05) is 0 Å². The summed E-state index contributed by atoms with van der Waals surface area (Å²) in [4.78, 5) is 27.0. The molecule has 0 saturated heterocycles. The molecule has 0 radical (unpaired) electrons. The van der Waals surface area contributed by atoms with Gasteiger partial charge in [-0.3, -0.25) is 24.9 Å². The van der Waals surface area contributed by atoms with Crippen LogP contribution >= 0.6 is 0 Å². The Hall–Kier alpha value is -2.18. The third-order valence-electron chi connectivity index (χ3n) is 3.06. The van der Waals surface area contributed by atoms with Crippen molar-refractivity contribution in [2.45, 2.75) is 33.1 Å². The van der Waals surface area contributed by atoms with E-state index in [-0.39, 0.29) is 17.5 Å². The number of nitrogens with one attached hydrogen (secondary N) is 3. The molecule has 2 rings (SSSR count). The lowest BCUT2D eigenvalue weighted by Gasteiger charge is -2.02. The number of nitrogens with zero attached hydrogens (tertiary/aromatic N) is 2. The predicted octanol–water partition coefficient (Wildman–Crippen LogP) is 0.361. The third kappa shape index (κ3) is 3.40. The van der Waals surface area contributed by atoms with Crippen LogP contribution in [0.25, 0.3) is 0 Å². The summed E-state index contributed by atoms with van der Waals surface area (Å²) >= 11 is 0. The molecule has 19 heavy (non-hydrogen) atoms. The molecule has 0 aliphatic carbocycles. The second kappa shape index (κ2) is 5.64. The highest BCUT2D eigenvalue weighted by atomic mass is 16.1. The zero-order valence-electron chi connectivity index (χ0n) is 11.0. The summed E-state index contributed by atoms with van der Waals surface area (Å²) in [5.74, 6) is 1.85. The fourth-order valence-electron chi connectivity index (χ4n) is 1.73. The Labute approximate surface area is 109 Å². The summed E-state index contributed by atoms with van der Waals surface area (Å²) in [7, 11) is 0. The summed E-state index contributed by atoms with van der Waals surface area (Å²) in [6.07, 6.45) is 2.14. The first kappa shape index (κ1) is 13.3. The van der Waals surface area contributed by atoms with Crippen molar-refractivity contribution in [3.8, 4) is 0 Å². The van der Waals surface area contributed by atoms with Gasteiger partial charge < -0.3 is 0 Å². The quantitative estimate of drug-likeness (QED) is 0.723. The van der Waals surface area contributed by atoms with E-state index < -0.39 is 0 Å². The minimum absolute atomic E-state index is 0.271. The molecule has 7 nitrogen and oxygen atoms in total. The molecule has 2 aromatic rings. The highest BCUT2D eigenvalue weighted by molar-refractivity contribution is 5.12. The summed E-state index contributed by atoms with van der Waals surface area (Å²) in [6.45, 7) is 4.26. The number of hydrogen-bond donors (Lipinski definition) is 3. The number of rotatable bonds is 5. The Balaban J connectivity index is 2.13. The molecule has 2 aromatic heterocycles. The summed E-state index contributed by atoms with van der Waals surface area (Å²) in [6, 6.07) is 1.27. The minimum Gasteiger partial charge on any atom is -0.268 e. The zero-order valence-corrected chi connectivity index (χ0v) is 11.0. The maximum atomic E-state index is 11.5. The van der Waals surface area contributed by atoms with Gasteiger partial charge in [-0.25, -0.2) is 4.98 Å². The summed E-state index contributed by atoms with van der Waals surface area (Å²) < 4.78 is 0. The van der Waals surface area contributed by atoms with Gasteiger partial charge in [0.25, 0.3) is 11.1 Å². The Morgan fingerprint density at radius 2 is 2.11 bits per heavy atom. The predicted molar refractivity (Wildman–Crippen MR) is 70.0 cm³/mol. The average Bonchev–Trinajstić information content (AvgIpc) is 2.81. The highest BCUT2D eigenvalue weighted by Crippen LogP contribution is 2.08. The monoisotopic (exact) mass is 263 g/mol. The van der Waals surface area contributed by atoms with Crippen molar-refractivity contribution in [2.24, 2.45) is 5.92 Å². The van der Waals surface area contributed by atoms with Gasteiger partial charge in [-0.05, 0) is 5.92 Å². The molecule has 0 aliphatic rings. The SMILES string of the molecule is CCC(C)Cc1n[nH]c(Cc2cc(=O)[nH][nH]c2=O)n1. The van der Waals surface area contributed by atoms with Crippen molar-refractivity contribution >= 4 is 0 Å². The van der Waals surface area contributed by atoms with Crippen LogP contribution in [0.15, 0.2) is 15.7 Å². The van der Waals surface area contributed by atoms with Crippen LogP contribution in [0.1, 0.15) is 37.5 Å². The van der Waals surface area contributed by atoms with Gasteiger partial charge in [0.1, 0.15) is 5.82 Å². The van der Waals surface area contributed by atoms with E-state index in [9.17, 15) is 9.59 Å². The van der Waals surface area contributed by atoms with Crippen molar-refractivity contribution in [3.05, 3.63) is 44.0 Å². The van der Waals surface area contributed by atoms with Crippen LogP contribution in [0.5, 0.6) is 0 Å². The van der Waals surface area contributed by atoms with Gasteiger partial charge in [-0.15, -0.1) is 0 Å². The molecule has 0 fully saturated rings. The van der Waals surface area contributed by atoms with Crippen LogP contribution in [-0.4, -0.2) is 25.4 Å². The van der Waals surface area contributed by atoms with Gasteiger partial charge in [0.2, 0.25) is 0 Å². The molecule has 0 aliphatic heterocycles. The standard InChI is InChI=1S/C12H17N5O2/c1-3-7(2)4-9-13-10(15-14-9)5-8-6-11(18)16-17-12(8)19/h6-7H,3-5H2,1-2H3,(H,16,18)(H,17,19)(H,13,14,15). The fraction of sp³-hybridized carbons (Fsp3) is 0.500. The molecule has 3 N–H and O–H groups in total. The van der Waals surface area contributed by atoms with Crippen molar-refractivity contribution in [1.82, 2.24) is 25.4 Å². The average molecular weight is 263 g/mol. The molecule has 2 heterocycles. The van der Waals surface area contributed by atoms with Gasteiger partial charge in [-0.2, -0.15) is 5.10 Å². The first-order valence-corrected chi connectivity index (χ1v) is 6.29. The summed E-state index contributed by atoms with van der Waals surface area (Å²) in [5, 5.41) is 11.4. The molecule has 1 atom stereocenters. The highest BCUT2D eigenvalue weighted by Gasteiger charge is 2.09. The largest absolute Gasteiger partial charge is 0.268 e. The molecule has 0 spiro atoms. The normalized spacial score (nSPS) is 12.5. The molecule has 0 aromatic carbocycles. The van der Waals surface area contributed by atoms with Crippen LogP contribution < -0.4 is 11.1 Å². The van der Waals surface area contributed by atoms with E-state index in [1.807, 2.05) is 0 Å². The topological polar surface area (TPSA) is 107 Å². The second-order valence-corrected chi connectivity index (χ2v) is 4.71. The smallest absolute Gasteiger partial charge is 0.266 e. The van der Waals surface area contributed by atoms with Gasteiger partial charge in [-0.1, -0.05) is 20.3 Å². The molecular weight excluding hydrogens is 246 g/mol. The van der Waals surface area contributed by atoms with Gasteiger partial charge >= 0.3 is 0 Å². The third-order valence-corrected chi connectivity index (χ3v) is 3.06. The Kier molecular flexibility index (Phi) is 3.94. The molecule has 0 bridgehead atoms. The molecule has 0 saturated carbocycles. The van der Waals surface area contributed by atoms with Crippen LogP contribution in [0, 0.1) is 5.92 Å². The van der Waals surface area contributed by atoms with Crippen LogP contribution in [0.2, 0.25) is 0 Å². The molecule has 7 heteroatoms. The summed E-state index contributed by atoms with van der Waals surface area (Å²) in [5.41, 5.74) is -0.289. The zero-order chi connectivity index (χ0) is 13.8. The van der Waals surface area contributed by atoms with Gasteiger partial charge in [0.15, 0.2) is 5.82 Å². The van der Waals surface area contributed by atoms with E-state index in [1.54, 1.807) is 0 Å². The Morgan fingerprint density at radius 1 is 1.32 bits per heavy atom. The number of H-pyrrole nitrogens is 3. The van der Waals surface area contributed by atoms with E-state index in [2.05, 4.69) is 39.2 Å². The molecule has 1 unspecified atom stereocenters. The van der Waals surface area contributed by atoms with Crippen molar-refractivity contribution in [1.29, 1.82) is 0 Å². The first-order valence-electron chi connectivity index (χ1n) is 6.29. The van der Waals surface area contributed by atoms with E-state index >= 15 is 0 Å². The van der Waals surface area contributed by atoms with E-state index in [0.717, 1.165) is 18.7 Å². The number of aromatic amines is 3. The van der Waals surface area contributed by atoms with Crippen LogP contribution in [0.3, 0.4) is 0 Å². The van der Waals surface area contributed by atoms with Crippen molar-refractivity contribution < 1.29 is 0 Å². The lowest BCUT2D eigenvalue weighted by atomic mass is 10.1. The van der Waals surface area contributed by atoms with Gasteiger partial charge in [0.05, 0.1) is 0 Å². The lowest BCUT2D eigenvalue weighted by molar-refractivity contribution is 0.544. The van der Waals surface area contributed by atoms with E-state index in [4.69, 9.17) is 0 Å². The Morgan fingerprint density at radius 3 is 2.84 bits per heavy atom. The van der Waals surface area contributed by atoms with Gasteiger partial charge in [0, 0.05) is 24.5 Å². The molecular formula is C12H17N5O2. The molecule has 102 valence electrons. The fourth-order valence-corrected chi connectivity index (χ4v) is 1.73. The van der Waals surface area contributed by atoms with Crippen LogP contribution in [-0.2, 0) is 12.8 Å². The Bertz CT molecular complexity index is 654. The van der Waals surface area contributed by atoms with Crippen molar-refractivity contribution in [3.63, 3.8) is 0 Å². The number of hydrogen-bond acceptors (Lipinski definition) is 4. The maximum Gasteiger partial charge on any atom is 0.266 e. The van der Waals surface area contributed by atoms with E-state index in [1.165, 1.54) is 6.07 Å². The number of aromatic nitrogens is 5. The second-order valence-electron chi connectivity index (χ2n) is 4.71. The minimum atomic E-state index is -0.339. The first-order chi connectivity index (χ1) is 9.08. The lowest BCUT2D eigenvalue weighted by Crippen LogP contribution is -2.22. The molecule has 0 amide bonds.